The zero-order valence-corrected chi connectivity index (χ0v) is 16.3. The number of fused-ring (bicyclic) bond motifs is 1. The predicted molar refractivity (Wildman–Crippen MR) is 101 cm³/mol. The molecule has 2 heterocycles. The van der Waals surface area contributed by atoms with Gasteiger partial charge in [-0.25, -0.2) is 9.59 Å². The molecule has 0 aliphatic carbocycles. The van der Waals surface area contributed by atoms with Crippen molar-refractivity contribution in [1.29, 1.82) is 0 Å². The highest BCUT2D eigenvalue weighted by Gasteiger charge is 2.50. The number of aryl methyl sites for hydroxylation is 1. The van der Waals surface area contributed by atoms with E-state index in [2.05, 4.69) is 0 Å². The van der Waals surface area contributed by atoms with E-state index in [9.17, 15) is 19.8 Å². The average Bonchev–Trinajstić information content (AvgIpc) is 2.63. The lowest BCUT2D eigenvalue weighted by Gasteiger charge is -2.46. The van der Waals surface area contributed by atoms with Gasteiger partial charge in [0, 0.05) is 18.1 Å². The number of carbonyl (C=O) groups is 1. The number of rotatable bonds is 4. The minimum Gasteiger partial charge on any atom is -0.465 e. The monoisotopic (exact) mass is 409 g/mol. The third-order valence-corrected chi connectivity index (χ3v) is 4.88. The fraction of sp³-hybridized carbons (Fsp3) is 0.474. The molecule has 0 saturated carbocycles. The van der Waals surface area contributed by atoms with E-state index in [1.165, 1.54) is 13.2 Å². The van der Waals surface area contributed by atoms with Gasteiger partial charge >= 0.3 is 11.7 Å². The normalized spacial score (nSPS) is 26.3. The molecule has 1 aromatic carbocycles. The molecule has 0 unspecified atom stereocenters. The zero-order chi connectivity index (χ0) is 21.5. The van der Waals surface area contributed by atoms with Crippen molar-refractivity contribution in [3.05, 3.63) is 34.2 Å². The van der Waals surface area contributed by atoms with Crippen LogP contribution in [0.1, 0.15) is 19.4 Å². The van der Waals surface area contributed by atoms with E-state index < -0.39 is 41.9 Å². The number of ether oxygens (including phenoxy) is 3. The Hall–Kier alpha value is -2.66. The number of hydrogen-bond acceptors (Lipinski definition) is 8. The van der Waals surface area contributed by atoms with Crippen LogP contribution in [0, 0.1) is 6.92 Å². The van der Waals surface area contributed by atoms with Gasteiger partial charge in [0.25, 0.3) is 0 Å². The molecule has 0 radical (unpaired) electrons. The molecule has 0 bridgehead atoms. The molecule has 0 spiro atoms. The van der Waals surface area contributed by atoms with Crippen molar-refractivity contribution in [2.24, 2.45) is 0 Å². The lowest BCUT2D eigenvalue weighted by Crippen LogP contribution is -2.63. The molecule has 158 valence electrons. The fourth-order valence-corrected chi connectivity index (χ4v) is 3.47. The van der Waals surface area contributed by atoms with Crippen LogP contribution >= 0.6 is 0 Å². The van der Waals surface area contributed by atoms with Crippen LogP contribution in [0.3, 0.4) is 0 Å². The number of hydrogen-bond donors (Lipinski definition) is 4. The largest absolute Gasteiger partial charge is 0.465 e. The second-order valence-electron chi connectivity index (χ2n) is 7.33. The lowest BCUT2D eigenvalue weighted by atomic mass is 9.89. The Balaban J connectivity index is 1.93. The third kappa shape index (κ3) is 3.92. The summed E-state index contributed by atoms with van der Waals surface area (Å²) in [4.78, 5) is 22.8. The molecule has 1 amide bonds. The molecule has 4 atom stereocenters. The molecule has 1 saturated heterocycles. The van der Waals surface area contributed by atoms with Crippen LogP contribution < -0.4 is 15.7 Å². The van der Waals surface area contributed by atoms with Crippen molar-refractivity contribution in [2.45, 2.75) is 51.0 Å². The summed E-state index contributed by atoms with van der Waals surface area (Å²) in [6, 6.07) is 4.50. The highest BCUT2D eigenvalue weighted by atomic mass is 16.7. The molecule has 1 aromatic heterocycles. The topological polar surface area (TPSA) is 148 Å². The molecule has 1 aliphatic rings. The summed E-state index contributed by atoms with van der Waals surface area (Å²) >= 11 is 0. The third-order valence-electron chi connectivity index (χ3n) is 4.88. The van der Waals surface area contributed by atoms with Crippen LogP contribution in [-0.2, 0) is 9.47 Å². The summed E-state index contributed by atoms with van der Waals surface area (Å²) < 4.78 is 22.0. The molecule has 1 aliphatic heterocycles. The van der Waals surface area contributed by atoms with Crippen molar-refractivity contribution in [3.8, 4) is 5.75 Å². The fourth-order valence-electron chi connectivity index (χ4n) is 3.47. The minimum atomic E-state index is -1.38. The van der Waals surface area contributed by atoms with Crippen LogP contribution in [0.4, 0.5) is 10.5 Å². The van der Waals surface area contributed by atoms with E-state index in [0.717, 1.165) is 0 Å². The number of benzene rings is 1. The maximum absolute atomic E-state index is 12.0. The van der Waals surface area contributed by atoms with Crippen LogP contribution in [0.25, 0.3) is 11.0 Å². The first kappa shape index (κ1) is 21.1. The lowest BCUT2D eigenvalue weighted by molar-refractivity contribution is -0.306. The summed E-state index contributed by atoms with van der Waals surface area (Å²) in [6.07, 6.45) is -5.95. The summed E-state index contributed by atoms with van der Waals surface area (Å²) in [5, 5.41) is 32.0. The predicted octanol–water partition coefficient (Wildman–Crippen LogP) is 1.44. The summed E-state index contributed by atoms with van der Waals surface area (Å²) in [5.41, 5.74) is -1.36. The number of methoxy groups -OCH3 is 1. The molecule has 1 fully saturated rings. The molecule has 29 heavy (non-hydrogen) atoms. The van der Waals surface area contributed by atoms with E-state index >= 15 is 0 Å². The Bertz CT molecular complexity index is 984. The first-order valence-electron chi connectivity index (χ1n) is 8.86. The number of anilines is 1. The highest BCUT2D eigenvalue weighted by molar-refractivity contribution is 5.88. The number of carboxylic acid groups (broad SMARTS) is 1. The minimum absolute atomic E-state index is 0.198. The zero-order valence-electron chi connectivity index (χ0n) is 16.3. The molecule has 2 aromatic rings. The number of aliphatic hydroxyl groups is 2. The van der Waals surface area contributed by atoms with Gasteiger partial charge in [0.05, 0.1) is 5.60 Å². The van der Waals surface area contributed by atoms with Crippen molar-refractivity contribution in [3.63, 3.8) is 0 Å². The smallest absolute Gasteiger partial charge is 0.409 e. The maximum Gasteiger partial charge on any atom is 0.409 e. The maximum atomic E-state index is 12.0. The van der Waals surface area contributed by atoms with Gasteiger partial charge in [-0.2, -0.15) is 0 Å². The van der Waals surface area contributed by atoms with Gasteiger partial charge < -0.3 is 33.9 Å². The van der Waals surface area contributed by atoms with Gasteiger partial charge in [-0.05, 0) is 39.0 Å². The molecule has 10 nitrogen and oxygen atoms in total. The van der Waals surface area contributed by atoms with Gasteiger partial charge in [0.2, 0.25) is 6.29 Å². The van der Waals surface area contributed by atoms with Gasteiger partial charge in [0.1, 0.15) is 35.3 Å². The Kier molecular flexibility index (Phi) is 5.54. The summed E-state index contributed by atoms with van der Waals surface area (Å²) in [7, 11) is 1.41. The van der Waals surface area contributed by atoms with Crippen LogP contribution in [0.15, 0.2) is 27.4 Å². The number of amides is 1. The Morgan fingerprint density at radius 3 is 2.55 bits per heavy atom. The van der Waals surface area contributed by atoms with Crippen LogP contribution in [0.2, 0.25) is 0 Å². The van der Waals surface area contributed by atoms with Crippen molar-refractivity contribution in [1.82, 2.24) is 0 Å². The van der Waals surface area contributed by atoms with Gasteiger partial charge in [-0.1, -0.05) is 0 Å². The number of aliphatic hydroxyl groups excluding tert-OH is 2. The van der Waals surface area contributed by atoms with E-state index in [4.69, 9.17) is 23.7 Å². The van der Waals surface area contributed by atoms with E-state index in [1.54, 1.807) is 32.9 Å². The summed E-state index contributed by atoms with van der Waals surface area (Å²) in [5.74, 6) is 0.266. The van der Waals surface area contributed by atoms with Crippen LogP contribution in [0.5, 0.6) is 5.75 Å². The Morgan fingerprint density at radius 1 is 1.24 bits per heavy atom. The molecule has 10 heteroatoms. The van der Waals surface area contributed by atoms with Crippen molar-refractivity contribution in [2.75, 3.05) is 12.4 Å². The van der Waals surface area contributed by atoms with E-state index in [1.807, 2.05) is 5.32 Å². The summed E-state index contributed by atoms with van der Waals surface area (Å²) in [6.45, 7) is 5.05. The second kappa shape index (κ2) is 7.64. The molecular formula is C19H23NO9. The van der Waals surface area contributed by atoms with Crippen molar-refractivity contribution >= 4 is 22.7 Å². The first-order valence-corrected chi connectivity index (χ1v) is 8.86. The van der Waals surface area contributed by atoms with E-state index in [0.29, 0.717) is 10.9 Å². The van der Waals surface area contributed by atoms with Gasteiger partial charge in [-0.3, -0.25) is 5.32 Å². The highest BCUT2D eigenvalue weighted by Crippen LogP contribution is 2.34. The van der Waals surface area contributed by atoms with Gasteiger partial charge in [0.15, 0.2) is 0 Å². The average molecular weight is 409 g/mol. The SMILES string of the molecule is CO[C@@H]1[C@@H](O)[C@@H](O)[C@H](Oc2ccc3cc(NC(=O)O)c(=O)oc3c2C)OC1(C)C. The second-order valence-corrected chi connectivity index (χ2v) is 7.33. The Labute approximate surface area is 165 Å². The van der Waals surface area contributed by atoms with Gasteiger partial charge in [-0.15, -0.1) is 0 Å². The molecular weight excluding hydrogens is 386 g/mol. The molecule has 4 N–H and O–H groups in total. The van der Waals surface area contributed by atoms with Crippen molar-refractivity contribution < 1.29 is 38.7 Å². The first-order chi connectivity index (χ1) is 13.5. The standard InChI is InChI=1S/C19H23NO9/c1-8-11(27-17-13(22)12(21)15(26-4)19(2,3)29-17)6-5-9-7-10(20-18(24)25)16(23)28-14(8)9/h5-7,12-13,15,17,20-22H,1-4H3,(H,24,25)/t12-,13+,15+,17+/m0/s1. The Morgan fingerprint density at radius 2 is 1.93 bits per heavy atom. The number of nitrogens with one attached hydrogen (secondary N) is 1. The van der Waals surface area contributed by atoms with E-state index in [-0.39, 0.29) is 17.0 Å². The quantitative estimate of drug-likeness (QED) is 0.551. The molecule has 3 rings (SSSR count). The van der Waals surface area contributed by atoms with Crippen LogP contribution in [-0.4, -0.2) is 58.7 Å².